The van der Waals surface area contributed by atoms with E-state index in [4.69, 9.17) is 4.74 Å². The van der Waals surface area contributed by atoms with Gasteiger partial charge in [-0.3, -0.25) is 0 Å². The van der Waals surface area contributed by atoms with Gasteiger partial charge < -0.3 is 9.84 Å². The molecule has 2 aliphatic heterocycles. The van der Waals surface area contributed by atoms with E-state index in [-0.39, 0.29) is 17.6 Å². The lowest BCUT2D eigenvalue weighted by atomic mass is 9.82. The lowest BCUT2D eigenvalue weighted by molar-refractivity contribution is -0.115. The maximum atomic E-state index is 10.9. The monoisotopic (exact) mass is 269 g/mol. The third-order valence-corrected chi connectivity index (χ3v) is 5.27. The number of hydrogen-bond acceptors (Lipinski definition) is 3. The van der Waals surface area contributed by atoms with E-state index in [1.165, 1.54) is 0 Å². The fourth-order valence-corrected chi connectivity index (χ4v) is 3.84. The van der Waals surface area contributed by atoms with Crippen LogP contribution < -0.4 is 0 Å². The first kappa shape index (κ1) is 12.4. The molecule has 2 atom stereocenters. The SMILES string of the molecule is N#CC1(c2ccc(C3(O)CC4CCC(C3)O4)cc2)CC1. The third-order valence-electron chi connectivity index (χ3n) is 5.27. The molecule has 1 N–H and O–H groups in total. The van der Waals surface area contributed by atoms with E-state index in [1.54, 1.807) is 0 Å². The maximum Gasteiger partial charge on any atom is 0.0945 e. The van der Waals surface area contributed by atoms with Crippen molar-refractivity contribution < 1.29 is 9.84 Å². The molecule has 3 aliphatic rings. The van der Waals surface area contributed by atoms with Gasteiger partial charge in [-0.25, -0.2) is 0 Å². The second-order valence-electron chi connectivity index (χ2n) is 6.67. The number of nitrogens with zero attached hydrogens (tertiary/aromatic N) is 1. The number of fused-ring (bicyclic) bond motifs is 2. The Hall–Kier alpha value is -1.37. The van der Waals surface area contributed by atoms with Crippen LogP contribution in [-0.2, 0) is 15.8 Å². The van der Waals surface area contributed by atoms with Crippen molar-refractivity contribution in [1.82, 2.24) is 0 Å². The summed E-state index contributed by atoms with van der Waals surface area (Å²) in [6, 6.07) is 10.5. The molecule has 20 heavy (non-hydrogen) atoms. The Balaban J connectivity index is 1.61. The first-order valence-electron chi connectivity index (χ1n) is 7.54. The summed E-state index contributed by atoms with van der Waals surface area (Å²) in [5.41, 5.74) is 1.10. The summed E-state index contributed by atoms with van der Waals surface area (Å²) in [6.07, 6.45) is 5.90. The van der Waals surface area contributed by atoms with Crippen LogP contribution in [0.4, 0.5) is 0 Å². The Labute approximate surface area is 119 Å². The van der Waals surface area contributed by atoms with Crippen molar-refractivity contribution in [2.24, 2.45) is 0 Å². The van der Waals surface area contributed by atoms with Gasteiger partial charge in [0.05, 0.1) is 29.3 Å². The number of ether oxygens (including phenoxy) is 1. The first-order chi connectivity index (χ1) is 9.63. The average Bonchev–Trinajstić information content (AvgIpc) is 3.19. The number of hydrogen-bond donors (Lipinski definition) is 1. The zero-order chi connectivity index (χ0) is 13.8. The van der Waals surface area contributed by atoms with Gasteiger partial charge in [-0.05, 0) is 36.8 Å². The minimum Gasteiger partial charge on any atom is -0.385 e. The second-order valence-corrected chi connectivity index (χ2v) is 6.67. The van der Waals surface area contributed by atoms with Crippen molar-refractivity contribution in [3.63, 3.8) is 0 Å². The van der Waals surface area contributed by atoms with E-state index in [9.17, 15) is 10.4 Å². The molecule has 2 heterocycles. The van der Waals surface area contributed by atoms with Gasteiger partial charge in [0.2, 0.25) is 0 Å². The smallest absolute Gasteiger partial charge is 0.0945 e. The Morgan fingerprint density at radius 1 is 1.05 bits per heavy atom. The predicted molar refractivity (Wildman–Crippen MR) is 74.0 cm³/mol. The standard InChI is InChI=1S/C17H19NO2/c18-11-16(7-8-16)12-1-3-13(4-2-12)17(19)9-14-5-6-15(10-17)20-14/h1-4,14-15,19H,5-10H2. The molecule has 0 aromatic heterocycles. The van der Waals surface area contributed by atoms with E-state index in [2.05, 4.69) is 6.07 Å². The van der Waals surface area contributed by atoms with Crippen LogP contribution in [0.15, 0.2) is 24.3 Å². The Bertz CT molecular complexity index is 556. The molecule has 2 bridgehead atoms. The van der Waals surface area contributed by atoms with Crippen LogP contribution in [0, 0.1) is 11.3 Å². The highest BCUT2D eigenvalue weighted by Crippen LogP contribution is 2.48. The molecule has 0 spiro atoms. The molecule has 1 aromatic carbocycles. The Kier molecular flexibility index (Phi) is 2.52. The molecule has 2 unspecified atom stereocenters. The quantitative estimate of drug-likeness (QED) is 0.898. The topological polar surface area (TPSA) is 53.2 Å². The summed E-state index contributed by atoms with van der Waals surface area (Å²) in [4.78, 5) is 0. The van der Waals surface area contributed by atoms with Gasteiger partial charge in [0.25, 0.3) is 0 Å². The lowest BCUT2D eigenvalue weighted by Gasteiger charge is -2.37. The van der Waals surface area contributed by atoms with Crippen molar-refractivity contribution in [2.45, 2.75) is 61.7 Å². The van der Waals surface area contributed by atoms with Crippen LogP contribution in [-0.4, -0.2) is 17.3 Å². The van der Waals surface area contributed by atoms with Crippen molar-refractivity contribution >= 4 is 0 Å². The molecule has 1 saturated carbocycles. The van der Waals surface area contributed by atoms with Gasteiger partial charge in [0, 0.05) is 12.8 Å². The van der Waals surface area contributed by atoms with Crippen molar-refractivity contribution in [3.05, 3.63) is 35.4 Å². The molecule has 104 valence electrons. The zero-order valence-electron chi connectivity index (χ0n) is 11.5. The molecule has 1 aliphatic carbocycles. The van der Waals surface area contributed by atoms with Gasteiger partial charge in [-0.2, -0.15) is 5.26 Å². The summed E-state index contributed by atoms with van der Waals surface area (Å²) in [5.74, 6) is 0. The molecule has 2 saturated heterocycles. The van der Waals surface area contributed by atoms with Gasteiger partial charge in [-0.15, -0.1) is 0 Å². The highest BCUT2D eigenvalue weighted by molar-refractivity contribution is 5.41. The molecule has 0 radical (unpaired) electrons. The number of aliphatic hydroxyl groups is 1. The van der Waals surface area contributed by atoms with E-state index < -0.39 is 5.60 Å². The van der Waals surface area contributed by atoms with Crippen LogP contribution in [0.1, 0.15) is 49.7 Å². The first-order valence-corrected chi connectivity index (χ1v) is 7.54. The summed E-state index contributed by atoms with van der Waals surface area (Å²) in [7, 11) is 0. The third kappa shape index (κ3) is 1.79. The molecular weight excluding hydrogens is 250 g/mol. The van der Waals surface area contributed by atoms with Gasteiger partial charge in [0.1, 0.15) is 0 Å². The van der Waals surface area contributed by atoms with Crippen LogP contribution in [0.5, 0.6) is 0 Å². The van der Waals surface area contributed by atoms with Crippen LogP contribution in [0.25, 0.3) is 0 Å². The molecule has 3 nitrogen and oxygen atoms in total. The highest BCUT2D eigenvalue weighted by atomic mass is 16.5. The van der Waals surface area contributed by atoms with E-state index >= 15 is 0 Å². The van der Waals surface area contributed by atoms with Crippen LogP contribution in [0.2, 0.25) is 0 Å². The molecule has 4 rings (SSSR count). The van der Waals surface area contributed by atoms with Crippen molar-refractivity contribution in [3.8, 4) is 6.07 Å². The van der Waals surface area contributed by atoms with Gasteiger partial charge in [-0.1, -0.05) is 24.3 Å². The van der Waals surface area contributed by atoms with E-state index in [0.29, 0.717) is 12.8 Å². The molecular formula is C17H19NO2. The minimum absolute atomic E-state index is 0.215. The van der Waals surface area contributed by atoms with Crippen LogP contribution in [0.3, 0.4) is 0 Å². The summed E-state index contributed by atoms with van der Waals surface area (Å²) < 4.78 is 5.82. The molecule has 3 heteroatoms. The number of nitriles is 1. The number of benzene rings is 1. The van der Waals surface area contributed by atoms with E-state index in [1.807, 2.05) is 24.3 Å². The Morgan fingerprint density at radius 2 is 1.60 bits per heavy atom. The summed E-state index contributed by atoms with van der Waals surface area (Å²) in [6.45, 7) is 0. The second kappa shape index (κ2) is 4.07. The average molecular weight is 269 g/mol. The fourth-order valence-electron chi connectivity index (χ4n) is 3.84. The van der Waals surface area contributed by atoms with E-state index in [0.717, 1.165) is 36.8 Å². The zero-order valence-corrected chi connectivity index (χ0v) is 11.5. The summed E-state index contributed by atoms with van der Waals surface area (Å²) in [5, 5.41) is 20.2. The molecule has 1 aromatic rings. The fraction of sp³-hybridized carbons (Fsp3) is 0.588. The lowest BCUT2D eigenvalue weighted by Crippen LogP contribution is -2.38. The Morgan fingerprint density at radius 3 is 2.10 bits per heavy atom. The summed E-state index contributed by atoms with van der Waals surface area (Å²) >= 11 is 0. The largest absolute Gasteiger partial charge is 0.385 e. The molecule has 0 amide bonds. The predicted octanol–water partition coefficient (Wildman–Crippen LogP) is 2.77. The minimum atomic E-state index is -0.744. The normalized spacial score (nSPS) is 37.4. The van der Waals surface area contributed by atoms with Gasteiger partial charge in [0.15, 0.2) is 0 Å². The van der Waals surface area contributed by atoms with Crippen molar-refractivity contribution in [1.29, 1.82) is 5.26 Å². The number of rotatable bonds is 2. The maximum absolute atomic E-state index is 10.9. The van der Waals surface area contributed by atoms with Gasteiger partial charge >= 0.3 is 0 Å². The van der Waals surface area contributed by atoms with Crippen molar-refractivity contribution in [2.75, 3.05) is 0 Å². The molecule has 3 fully saturated rings. The van der Waals surface area contributed by atoms with Crippen LogP contribution >= 0.6 is 0 Å². The highest BCUT2D eigenvalue weighted by Gasteiger charge is 2.46.